The lowest BCUT2D eigenvalue weighted by Gasteiger charge is -2.36. The summed E-state index contributed by atoms with van der Waals surface area (Å²) < 4.78 is 5.16. The smallest absolute Gasteiger partial charge is 0.236 e. The van der Waals surface area contributed by atoms with Crippen LogP contribution in [0, 0.1) is 0 Å². The number of carbonyl (C=O) groups excluding carboxylic acids is 2. The molecule has 0 atom stereocenters. The Bertz CT molecular complexity index is 619. The molecule has 0 unspecified atom stereocenters. The number of aromatic nitrogens is 2. The Morgan fingerprint density at radius 1 is 0.963 bits per heavy atom. The lowest BCUT2D eigenvalue weighted by atomic mass is 10.1. The van der Waals surface area contributed by atoms with Gasteiger partial charge in [-0.15, -0.1) is 0 Å². The first-order chi connectivity index (χ1) is 13.2. The summed E-state index contributed by atoms with van der Waals surface area (Å²) in [6.07, 6.45) is 6.09. The van der Waals surface area contributed by atoms with E-state index in [0.29, 0.717) is 44.2 Å². The molecule has 27 heavy (non-hydrogen) atoms. The molecule has 8 heteroatoms. The molecule has 2 saturated heterocycles. The largest absolute Gasteiger partial charge is 0.342 e. The van der Waals surface area contributed by atoms with Gasteiger partial charge in [-0.1, -0.05) is 12.1 Å². The summed E-state index contributed by atoms with van der Waals surface area (Å²) in [7, 11) is 0. The van der Waals surface area contributed by atoms with Gasteiger partial charge in [-0.25, -0.2) is 0 Å². The summed E-state index contributed by atoms with van der Waals surface area (Å²) in [6.45, 7) is 7.22. The topological polar surface area (TPSA) is 82.8 Å². The zero-order valence-electron chi connectivity index (χ0n) is 16.4. The van der Waals surface area contributed by atoms with Crippen molar-refractivity contribution < 1.29 is 14.1 Å². The normalized spacial score (nSPS) is 18.7. The molecule has 2 aliphatic rings. The van der Waals surface area contributed by atoms with Crippen molar-refractivity contribution in [2.24, 2.45) is 0 Å². The van der Waals surface area contributed by atoms with E-state index in [-0.39, 0.29) is 11.8 Å². The molecule has 1 aromatic heterocycles. The number of amides is 2. The maximum absolute atomic E-state index is 12.4. The Balaban J connectivity index is 1.33. The van der Waals surface area contributed by atoms with Crippen LogP contribution in [0.4, 0.5) is 0 Å². The molecular formula is C19H31N5O3. The Labute approximate surface area is 160 Å². The fourth-order valence-corrected chi connectivity index (χ4v) is 3.67. The minimum absolute atomic E-state index is 0.173. The van der Waals surface area contributed by atoms with Gasteiger partial charge in [0, 0.05) is 58.5 Å². The number of piperidine rings is 1. The fourth-order valence-electron chi connectivity index (χ4n) is 3.67. The van der Waals surface area contributed by atoms with E-state index in [9.17, 15) is 9.59 Å². The van der Waals surface area contributed by atoms with Gasteiger partial charge in [-0.2, -0.15) is 4.98 Å². The van der Waals surface area contributed by atoms with Gasteiger partial charge in [-0.05, 0) is 25.7 Å². The molecule has 2 fully saturated rings. The molecule has 8 nitrogen and oxygen atoms in total. The first kappa shape index (κ1) is 19.8. The second kappa shape index (κ2) is 9.82. The van der Waals surface area contributed by atoms with E-state index in [1.165, 1.54) is 6.42 Å². The van der Waals surface area contributed by atoms with Gasteiger partial charge in [0.1, 0.15) is 0 Å². The molecule has 0 spiro atoms. The monoisotopic (exact) mass is 377 g/mol. The van der Waals surface area contributed by atoms with Gasteiger partial charge in [0.05, 0.1) is 6.54 Å². The first-order valence-corrected chi connectivity index (χ1v) is 10.2. The zero-order valence-corrected chi connectivity index (χ0v) is 16.4. The van der Waals surface area contributed by atoms with Crippen LogP contribution in [-0.2, 0) is 22.4 Å². The number of hydrogen-bond donors (Lipinski definition) is 0. The molecule has 0 radical (unpaired) electrons. The molecule has 3 rings (SSSR count). The molecule has 0 N–H and O–H groups in total. The second-order valence-corrected chi connectivity index (χ2v) is 7.41. The van der Waals surface area contributed by atoms with Gasteiger partial charge in [0.25, 0.3) is 0 Å². The standard InChI is InChI=1S/C19H31N5O3/c1-2-16-20-17(27-21-16)7-6-8-18(25)24-13-11-22(12-14-24)15-19(26)23-9-4-3-5-10-23/h2-15H2,1H3. The highest BCUT2D eigenvalue weighted by Gasteiger charge is 2.24. The van der Waals surface area contributed by atoms with Crippen molar-refractivity contribution in [3.63, 3.8) is 0 Å². The number of aryl methyl sites for hydroxylation is 2. The summed E-state index contributed by atoms with van der Waals surface area (Å²) in [5, 5.41) is 3.87. The van der Waals surface area contributed by atoms with Gasteiger partial charge < -0.3 is 14.3 Å². The number of likely N-dealkylation sites (tertiary alicyclic amines) is 1. The van der Waals surface area contributed by atoms with Crippen molar-refractivity contribution in [3.05, 3.63) is 11.7 Å². The van der Waals surface area contributed by atoms with Crippen LogP contribution >= 0.6 is 0 Å². The van der Waals surface area contributed by atoms with Crippen LogP contribution in [0.25, 0.3) is 0 Å². The lowest BCUT2D eigenvalue weighted by Crippen LogP contribution is -2.52. The van der Waals surface area contributed by atoms with Crippen LogP contribution in [0.5, 0.6) is 0 Å². The van der Waals surface area contributed by atoms with Gasteiger partial charge in [0.15, 0.2) is 5.82 Å². The highest BCUT2D eigenvalue weighted by Crippen LogP contribution is 2.11. The van der Waals surface area contributed by atoms with Crippen molar-refractivity contribution in [2.75, 3.05) is 45.8 Å². The van der Waals surface area contributed by atoms with Crippen molar-refractivity contribution in [3.8, 4) is 0 Å². The lowest BCUT2D eigenvalue weighted by molar-refractivity contribution is -0.135. The Morgan fingerprint density at radius 2 is 1.67 bits per heavy atom. The van der Waals surface area contributed by atoms with Crippen molar-refractivity contribution >= 4 is 11.8 Å². The van der Waals surface area contributed by atoms with Gasteiger partial charge >= 0.3 is 0 Å². The number of piperazine rings is 1. The van der Waals surface area contributed by atoms with Crippen LogP contribution in [-0.4, -0.2) is 82.5 Å². The van der Waals surface area contributed by atoms with Crippen LogP contribution in [0.2, 0.25) is 0 Å². The fraction of sp³-hybridized carbons (Fsp3) is 0.789. The van der Waals surface area contributed by atoms with E-state index >= 15 is 0 Å². The SMILES string of the molecule is CCc1noc(CCCC(=O)N2CCN(CC(=O)N3CCCCC3)CC2)n1. The summed E-state index contributed by atoms with van der Waals surface area (Å²) in [4.78, 5) is 35.1. The highest BCUT2D eigenvalue weighted by atomic mass is 16.5. The van der Waals surface area contributed by atoms with Gasteiger partial charge in [0.2, 0.25) is 17.7 Å². The molecule has 0 bridgehead atoms. The molecule has 0 aliphatic carbocycles. The highest BCUT2D eigenvalue weighted by molar-refractivity contribution is 5.78. The molecule has 150 valence electrons. The second-order valence-electron chi connectivity index (χ2n) is 7.41. The van der Waals surface area contributed by atoms with E-state index in [2.05, 4.69) is 15.0 Å². The Kier molecular flexibility index (Phi) is 7.20. The quantitative estimate of drug-likeness (QED) is 0.708. The van der Waals surface area contributed by atoms with E-state index in [4.69, 9.17) is 4.52 Å². The maximum Gasteiger partial charge on any atom is 0.236 e. The summed E-state index contributed by atoms with van der Waals surface area (Å²) in [6, 6.07) is 0. The van der Waals surface area contributed by atoms with E-state index in [1.54, 1.807) is 0 Å². The third kappa shape index (κ3) is 5.76. The molecule has 3 heterocycles. The molecular weight excluding hydrogens is 346 g/mol. The zero-order chi connectivity index (χ0) is 19.1. The van der Waals surface area contributed by atoms with Crippen LogP contribution < -0.4 is 0 Å². The third-order valence-corrected chi connectivity index (χ3v) is 5.40. The molecule has 2 amide bonds. The predicted molar refractivity (Wildman–Crippen MR) is 100 cm³/mol. The molecule has 0 saturated carbocycles. The van der Waals surface area contributed by atoms with E-state index < -0.39 is 0 Å². The summed E-state index contributed by atoms with van der Waals surface area (Å²) in [5.41, 5.74) is 0. The Morgan fingerprint density at radius 3 is 2.33 bits per heavy atom. The molecule has 1 aromatic rings. The summed E-state index contributed by atoms with van der Waals surface area (Å²) in [5.74, 6) is 1.74. The number of carbonyl (C=O) groups is 2. The minimum Gasteiger partial charge on any atom is -0.342 e. The van der Waals surface area contributed by atoms with Crippen molar-refractivity contribution in [1.29, 1.82) is 0 Å². The average Bonchev–Trinajstić information content (AvgIpc) is 3.17. The maximum atomic E-state index is 12.4. The average molecular weight is 377 g/mol. The minimum atomic E-state index is 0.173. The number of hydrogen-bond acceptors (Lipinski definition) is 6. The molecule has 2 aliphatic heterocycles. The predicted octanol–water partition coefficient (Wildman–Crippen LogP) is 1.11. The van der Waals surface area contributed by atoms with Crippen LogP contribution in [0.3, 0.4) is 0 Å². The van der Waals surface area contributed by atoms with Crippen molar-refractivity contribution in [2.45, 2.75) is 51.9 Å². The first-order valence-electron chi connectivity index (χ1n) is 10.2. The van der Waals surface area contributed by atoms with Crippen molar-refractivity contribution in [1.82, 2.24) is 24.8 Å². The van der Waals surface area contributed by atoms with Crippen LogP contribution in [0.15, 0.2) is 4.52 Å². The summed E-state index contributed by atoms with van der Waals surface area (Å²) >= 11 is 0. The number of nitrogens with zero attached hydrogens (tertiary/aromatic N) is 5. The van der Waals surface area contributed by atoms with E-state index in [0.717, 1.165) is 51.9 Å². The third-order valence-electron chi connectivity index (χ3n) is 5.40. The van der Waals surface area contributed by atoms with E-state index in [1.807, 2.05) is 16.7 Å². The number of rotatable bonds is 7. The van der Waals surface area contributed by atoms with Gasteiger partial charge in [-0.3, -0.25) is 14.5 Å². The van der Waals surface area contributed by atoms with Crippen LogP contribution in [0.1, 0.15) is 50.7 Å². The Hall–Kier alpha value is -1.96. The molecule has 0 aromatic carbocycles.